The molecule has 0 aliphatic heterocycles. The van der Waals surface area contributed by atoms with Crippen molar-refractivity contribution in [3.63, 3.8) is 0 Å². The Morgan fingerprint density at radius 3 is 2.46 bits per heavy atom. The summed E-state index contributed by atoms with van der Waals surface area (Å²) in [4.78, 5) is 11.8. The minimum Gasteiger partial charge on any atom is -0.423 e. The Labute approximate surface area is 146 Å². The van der Waals surface area contributed by atoms with Gasteiger partial charge in [-0.1, -0.05) is 23.7 Å². The van der Waals surface area contributed by atoms with Crippen LogP contribution in [0.1, 0.15) is 35.2 Å². The standard InChI is InChI=1S/C20H20ClNO2/c1-12-8-18-16(10-20(23)24-19(18)9-13(12)2)11-22-14(3)15-4-6-17(21)7-5-15/h4-10,14,22H,11H2,1-3H3. The summed E-state index contributed by atoms with van der Waals surface area (Å²) in [5.74, 6) is 0. The molecule has 0 radical (unpaired) electrons. The molecule has 1 aromatic heterocycles. The van der Waals surface area contributed by atoms with Gasteiger partial charge in [-0.25, -0.2) is 4.79 Å². The summed E-state index contributed by atoms with van der Waals surface area (Å²) in [5, 5.41) is 5.17. The van der Waals surface area contributed by atoms with Gasteiger partial charge >= 0.3 is 5.63 Å². The van der Waals surface area contributed by atoms with Crippen LogP contribution in [-0.4, -0.2) is 0 Å². The van der Waals surface area contributed by atoms with Crippen molar-refractivity contribution in [2.45, 2.75) is 33.4 Å². The third-order valence-corrected chi connectivity index (χ3v) is 4.67. The van der Waals surface area contributed by atoms with E-state index in [0.717, 1.165) is 27.1 Å². The van der Waals surface area contributed by atoms with E-state index in [1.165, 1.54) is 5.56 Å². The summed E-state index contributed by atoms with van der Waals surface area (Å²) in [6.45, 7) is 6.76. The normalized spacial score (nSPS) is 12.5. The second kappa shape index (κ2) is 6.80. The lowest BCUT2D eigenvalue weighted by molar-refractivity contribution is 0.547. The molecule has 1 N–H and O–H groups in total. The van der Waals surface area contributed by atoms with E-state index >= 15 is 0 Å². The maximum absolute atomic E-state index is 11.8. The first-order valence-corrected chi connectivity index (χ1v) is 8.34. The average molecular weight is 342 g/mol. The SMILES string of the molecule is Cc1cc2oc(=O)cc(CNC(C)c3ccc(Cl)cc3)c2cc1C. The molecule has 1 heterocycles. The highest BCUT2D eigenvalue weighted by atomic mass is 35.5. The Kier molecular flexibility index (Phi) is 4.74. The number of nitrogens with one attached hydrogen (secondary N) is 1. The van der Waals surface area contributed by atoms with Gasteiger partial charge in [0, 0.05) is 29.1 Å². The summed E-state index contributed by atoms with van der Waals surface area (Å²) in [6.07, 6.45) is 0. The second-order valence-electron chi connectivity index (χ2n) is 6.18. The van der Waals surface area contributed by atoms with Gasteiger partial charge in [-0.05, 0) is 67.3 Å². The summed E-state index contributed by atoms with van der Waals surface area (Å²) in [6, 6.07) is 13.5. The molecule has 3 aromatic rings. The number of hydrogen-bond donors (Lipinski definition) is 1. The molecule has 0 saturated heterocycles. The topological polar surface area (TPSA) is 42.2 Å². The first-order valence-electron chi connectivity index (χ1n) is 7.97. The average Bonchev–Trinajstić information content (AvgIpc) is 2.54. The molecule has 24 heavy (non-hydrogen) atoms. The van der Waals surface area contributed by atoms with E-state index in [0.29, 0.717) is 12.1 Å². The molecule has 0 amide bonds. The van der Waals surface area contributed by atoms with Gasteiger partial charge in [0.1, 0.15) is 5.58 Å². The predicted molar refractivity (Wildman–Crippen MR) is 98.7 cm³/mol. The first-order chi connectivity index (χ1) is 11.4. The van der Waals surface area contributed by atoms with Crippen molar-refractivity contribution >= 4 is 22.6 Å². The van der Waals surface area contributed by atoms with Gasteiger partial charge in [-0.3, -0.25) is 0 Å². The van der Waals surface area contributed by atoms with Crippen LogP contribution in [0.5, 0.6) is 0 Å². The Bertz CT molecular complexity index is 929. The van der Waals surface area contributed by atoms with Crippen LogP contribution in [-0.2, 0) is 6.54 Å². The van der Waals surface area contributed by atoms with Gasteiger partial charge < -0.3 is 9.73 Å². The molecule has 4 heteroatoms. The Morgan fingerprint density at radius 2 is 1.75 bits per heavy atom. The van der Waals surface area contributed by atoms with Crippen LogP contribution in [0.2, 0.25) is 5.02 Å². The first kappa shape index (κ1) is 16.7. The largest absolute Gasteiger partial charge is 0.423 e. The molecule has 2 aromatic carbocycles. The molecule has 3 nitrogen and oxygen atoms in total. The number of fused-ring (bicyclic) bond motifs is 1. The van der Waals surface area contributed by atoms with Crippen molar-refractivity contribution in [3.8, 4) is 0 Å². The molecule has 1 unspecified atom stereocenters. The summed E-state index contributed by atoms with van der Waals surface area (Å²) in [7, 11) is 0. The third kappa shape index (κ3) is 3.53. The number of halogens is 1. The van der Waals surface area contributed by atoms with Crippen molar-refractivity contribution in [1.82, 2.24) is 5.32 Å². The molecule has 1 atom stereocenters. The van der Waals surface area contributed by atoms with E-state index in [1.54, 1.807) is 6.07 Å². The number of rotatable bonds is 4. The molecule has 0 fully saturated rings. The third-order valence-electron chi connectivity index (χ3n) is 4.41. The molecule has 0 aliphatic carbocycles. The van der Waals surface area contributed by atoms with Crippen LogP contribution in [0, 0.1) is 13.8 Å². The van der Waals surface area contributed by atoms with Crippen molar-refractivity contribution in [2.24, 2.45) is 0 Å². The fraction of sp³-hybridized carbons (Fsp3) is 0.250. The maximum Gasteiger partial charge on any atom is 0.336 e. The second-order valence-corrected chi connectivity index (χ2v) is 6.61. The van der Waals surface area contributed by atoms with Crippen molar-refractivity contribution in [1.29, 1.82) is 0 Å². The van der Waals surface area contributed by atoms with Crippen LogP contribution in [0.4, 0.5) is 0 Å². The lowest BCUT2D eigenvalue weighted by atomic mass is 10.0. The highest BCUT2D eigenvalue weighted by Gasteiger charge is 2.10. The molecule has 0 aliphatic rings. The highest BCUT2D eigenvalue weighted by molar-refractivity contribution is 6.30. The van der Waals surface area contributed by atoms with E-state index < -0.39 is 0 Å². The van der Waals surface area contributed by atoms with E-state index in [2.05, 4.69) is 25.2 Å². The van der Waals surface area contributed by atoms with Crippen molar-refractivity contribution in [3.05, 3.63) is 80.2 Å². The Hall–Kier alpha value is -2.10. The molecule has 0 bridgehead atoms. The molecular weight excluding hydrogens is 322 g/mol. The van der Waals surface area contributed by atoms with Gasteiger partial charge in [0.2, 0.25) is 0 Å². The minimum absolute atomic E-state index is 0.149. The van der Waals surface area contributed by atoms with Gasteiger partial charge in [-0.15, -0.1) is 0 Å². The maximum atomic E-state index is 11.8. The summed E-state index contributed by atoms with van der Waals surface area (Å²) in [5.41, 5.74) is 4.72. The van der Waals surface area contributed by atoms with Crippen LogP contribution < -0.4 is 10.9 Å². The van der Waals surface area contributed by atoms with Crippen LogP contribution in [0.3, 0.4) is 0 Å². The van der Waals surface area contributed by atoms with E-state index in [1.807, 2.05) is 37.3 Å². The zero-order valence-electron chi connectivity index (χ0n) is 14.0. The summed E-state index contributed by atoms with van der Waals surface area (Å²) < 4.78 is 5.34. The molecule has 0 spiro atoms. The zero-order valence-corrected chi connectivity index (χ0v) is 14.8. The number of benzene rings is 2. The quantitative estimate of drug-likeness (QED) is 0.685. The molecule has 124 valence electrons. The smallest absolute Gasteiger partial charge is 0.336 e. The summed E-state index contributed by atoms with van der Waals surface area (Å²) >= 11 is 5.93. The molecular formula is C20H20ClNO2. The molecule has 3 rings (SSSR count). The Balaban J connectivity index is 1.88. The zero-order chi connectivity index (χ0) is 17.3. The van der Waals surface area contributed by atoms with Gasteiger partial charge in [-0.2, -0.15) is 0 Å². The van der Waals surface area contributed by atoms with Crippen molar-refractivity contribution in [2.75, 3.05) is 0 Å². The van der Waals surface area contributed by atoms with Gasteiger partial charge in [0.25, 0.3) is 0 Å². The molecule has 0 saturated carbocycles. The number of hydrogen-bond acceptors (Lipinski definition) is 3. The van der Waals surface area contributed by atoms with Gasteiger partial charge in [0.15, 0.2) is 0 Å². The van der Waals surface area contributed by atoms with E-state index in [-0.39, 0.29) is 11.7 Å². The van der Waals surface area contributed by atoms with Crippen LogP contribution >= 0.6 is 11.6 Å². The number of aryl methyl sites for hydroxylation is 2. The fourth-order valence-electron chi connectivity index (χ4n) is 2.76. The Morgan fingerprint density at radius 1 is 1.08 bits per heavy atom. The van der Waals surface area contributed by atoms with Crippen molar-refractivity contribution < 1.29 is 4.42 Å². The van der Waals surface area contributed by atoms with Crippen LogP contribution in [0.25, 0.3) is 11.0 Å². The lowest BCUT2D eigenvalue weighted by Gasteiger charge is -2.15. The monoisotopic (exact) mass is 341 g/mol. The van der Waals surface area contributed by atoms with E-state index in [9.17, 15) is 4.79 Å². The van der Waals surface area contributed by atoms with Crippen LogP contribution in [0.15, 0.2) is 51.7 Å². The van der Waals surface area contributed by atoms with Gasteiger partial charge in [0.05, 0.1) is 0 Å². The minimum atomic E-state index is -0.318. The fourth-order valence-corrected chi connectivity index (χ4v) is 2.89. The lowest BCUT2D eigenvalue weighted by Crippen LogP contribution is -2.19. The predicted octanol–water partition coefficient (Wildman–Crippen LogP) is 4.91. The van der Waals surface area contributed by atoms with E-state index in [4.69, 9.17) is 16.0 Å². The highest BCUT2D eigenvalue weighted by Crippen LogP contribution is 2.22.